The number of nitrogens with one attached hydrogen (secondary N) is 2. The summed E-state index contributed by atoms with van der Waals surface area (Å²) < 4.78 is 0.719. The van der Waals surface area contributed by atoms with Crippen molar-refractivity contribution in [3.8, 4) is 0 Å². The highest BCUT2D eigenvalue weighted by Crippen LogP contribution is 2.31. The highest BCUT2D eigenvalue weighted by molar-refractivity contribution is 9.10. The van der Waals surface area contributed by atoms with Crippen LogP contribution in [0.2, 0.25) is 5.02 Å². The third-order valence-electron chi connectivity index (χ3n) is 3.07. The van der Waals surface area contributed by atoms with Crippen molar-refractivity contribution in [3.63, 3.8) is 0 Å². The average Bonchev–Trinajstić information content (AvgIpc) is 2.73. The molecule has 1 aliphatic rings. The average molecular weight is 318 g/mol. The smallest absolute Gasteiger partial charge is 0.244 e. The molecule has 0 bridgehead atoms. The maximum Gasteiger partial charge on any atom is 0.244 e. The number of carbonyl (C=O) groups excluding carboxylic acids is 1. The minimum atomic E-state index is -0.470. The van der Waals surface area contributed by atoms with Crippen LogP contribution < -0.4 is 10.6 Å². The first-order chi connectivity index (χ1) is 8.03. The normalized spacial score (nSPS) is 23.7. The third-order valence-corrected chi connectivity index (χ3v) is 4.47. The molecular formula is C12H14BrClN2O. The molecule has 0 spiro atoms. The Labute approximate surface area is 114 Å². The van der Waals surface area contributed by atoms with Crippen LogP contribution in [0.3, 0.4) is 0 Å². The van der Waals surface area contributed by atoms with Crippen molar-refractivity contribution in [1.29, 1.82) is 0 Å². The number of halogens is 2. The first-order valence-electron chi connectivity index (χ1n) is 5.53. The van der Waals surface area contributed by atoms with Gasteiger partial charge in [0.25, 0.3) is 0 Å². The van der Waals surface area contributed by atoms with Gasteiger partial charge in [-0.3, -0.25) is 4.79 Å². The number of rotatable bonds is 2. The first-order valence-corrected chi connectivity index (χ1v) is 6.70. The maximum absolute atomic E-state index is 12.2. The molecule has 1 amide bonds. The second-order valence-corrected chi connectivity index (χ2v) is 5.62. The van der Waals surface area contributed by atoms with E-state index < -0.39 is 5.54 Å². The van der Waals surface area contributed by atoms with Crippen molar-refractivity contribution in [3.05, 3.63) is 27.7 Å². The fraction of sp³-hybridized carbons (Fsp3) is 0.417. The Bertz CT molecular complexity index is 444. The molecule has 1 fully saturated rings. The molecule has 0 radical (unpaired) electrons. The second kappa shape index (κ2) is 4.96. The van der Waals surface area contributed by atoms with Crippen LogP contribution in [-0.2, 0) is 4.79 Å². The predicted octanol–water partition coefficient (Wildman–Crippen LogP) is 3.18. The third kappa shape index (κ3) is 2.64. The monoisotopic (exact) mass is 316 g/mol. The Morgan fingerprint density at radius 2 is 2.35 bits per heavy atom. The zero-order valence-electron chi connectivity index (χ0n) is 9.52. The molecule has 17 heavy (non-hydrogen) atoms. The van der Waals surface area contributed by atoms with Gasteiger partial charge in [-0.05, 0) is 54.4 Å². The van der Waals surface area contributed by atoms with Gasteiger partial charge in [0, 0.05) is 0 Å². The predicted molar refractivity (Wildman–Crippen MR) is 73.4 cm³/mol. The SMILES string of the molecule is CC1(C(=O)Nc2cccc(Cl)c2Br)CCCN1. The maximum atomic E-state index is 12.2. The molecule has 3 nitrogen and oxygen atoms in total. The van der Waals surface area contributed by atoms with Gasteiger partial charge >= 0.3 is 0 Å². The molecule has 0 saturated carbocycles. The zero-order valence-corrected chi connectivity index (χ0v) is 11.9. The summed E-state index contributed by atoms with van der Waals surface area (Å²) in [6.45, 7) is 2.81. The van der Waals surface area contributed by atoms with E-state index in [4.69, 9.17) is 11.6 Å². The number of hydrogen-bond donors (Lipinski definition) is 2. The van der Waals surface area contributed by atoms with Gasteiger partial charge in [0.15, 0.2) is 0 Å². The Kier molecular flexibility index (Phi) is 3.76. The molecular weight excluding hydrogens is 304 g/mol. The molecule has 2 rings (SSSR count). The van der Waals surface area contributed by atoms with E-state index in [2.05, 4.69) is 26.6 Å². The minimum Gasteiger partial charge on any atom is -0.323 e. The zero-order chi connectivity index (χ0) is 12.5. The van der Waals surface area contributed by atoms with Crippen LogP contribution in [0.1, 0.15) is 19.8 Å². The summed E-state index contributed by atoms with van der Waals surface area (Å²) in [4.78, 5) is 12.2. The van der Waals surface area contributed by atoms with Crippen molar-refractivity contribution < 1.29 is 4.79 Å². The van der Waals surface area contributed by atoms with Gasteiger partial charge in [-0.2, -0.15) is 0 Å². The van der Waals surface area contributed by atoms with Crippen molar-refractivity contribution in [2.75, 3.05) is 11.9 Å². The van der Waals surface area contributed by atoms with Gasteiger partial charge in [-0.25, -0.2) is 0 Å². The molecule has 1 aliphatic heterocycles. The first kappa shape index (κ1) is 12.9. The van der Waals surface area contributed by atoms with Gasteiger partial charge in [0.1, 0.15) is 0 Å². The van der Waals surface area contributed by atoms with Gasteiger partial charge in [-0.15, -0.1) is 0 Å². The standard InChI is InChI=1S/C12H14BrClN2O/c1-12(6-3-7-15-12)11(17)16-9-5-2-4-8(14)10(9)13/h2,4-5,15H,3,6-7H2,1H3,(H,16,17). The Morgan fingerprint density at radius 3 is 3.00 bits per heavy atom. The Morgan fingerprint density at radius 1 is 1.59 bits per heavy atom. The van der Waals surface area contributed by atoms with Gasteiger partial charge in [0.2, 0.25) is 5.91 Å². The molecule has 5 heteroatoms. The highest BCUT2D eigenvalue weighted by Gasteiger charge is 2.36. The van der Waals surface area contributed by atoms with Crippen molar-refractivity contribution in [2.45, 2.75) is 25.3 Å². The molecule has 1 aromatic carbocycles. The van der Waals surface area contributed by atoms with Crippen molar-refractivity contribution >= 4 is 39.1 Å². The minimum absolute atomic E-state index is 0.0158. The summed E-state index contributed by atoms with van der Waals surface area (Å²) >= 11 is 9.35. The summed E-state index contributed by atoms with van der Waals surface area (Å²) in [5, 5.41) is 6.72. The highest BCUT2D eigenvalue weighted by atomic mass is 79.9. The van der Waals surface area contributed by atoms with E-state index in [0.717, 1.165) is 23.9 Å². The van der Waals surface area contributed by atoms with Gasteiger partial charge < -0.3 is 10.6 Å². The fourth-order valence-corrected chi connectivity index (χ4v) is 2.49. The number of carbonyl (C=O) groups is 1. The van der Waals surface area contributed by atoms with Gasteiger partial charge in [-0.1, -0.05) is 17.7 Å². The van der Waals surface area contributed by atoms with E-state index in [9.17, 15) is 4.79 Å². The molecule has 1 heterocycles. The summed E-state index contributed by atoms with van der Waals surface area (Å²) in [7, 11) is 0. The summed E-state index contributed by atoms with van der Waals surface area (Å²) in [6.07, 6.45) is 1.89. The number of benzene rings is 1. The van der Waals surface area contributed by atoms with E-state index in [-0.39, 0.29) is 5.91 Å². The van der Waals surface area contributed by atoms with Crippen LogP contribution in [0.5, 0.6) is 0 Å². The second-order valence-electron chi connectivity index (χ2n) is 4.42. The van der Waals surface area contributed by atoms with Crippen LogP contribution in [0.25, 0.3) is 0 Å². The topological polar surface area (TPSA) is 41.1 Å². The lowest BCUT2D eigenvalue weighted by atomic mass is 9.99. The van der Waals surface area contributed by atoms with E-state index in [1.165, 1.54) is 0 Å². The molecule has 0 aromatic heterocycles. The number of anilines is 1. The van der Waals surface area contributed by atoms with Crippen LogP contribution in [-0.4, -0.2) is 18.0 Å². The number of amides is 1. The van der Waals surface area contributed by atoms with Crippen LogP contribution in [0, 0.1) is 0 Å². The molecule has 92 valence electrons. The Balaban J connectivity index is 2.16. The summed E-state index contributed by atoms with van der Waals surface area (Å²) in [5.41, 5.74) is 0.235. The van der Waals surface area contributed by atoms with E-state index in [1.807, 2.05) is 19.1 Å². The van der Waals surface area contributed by atoms with E-state index in [1.54, 1.807) is 6.07 Å². The molecule has 1 aromatic rings. The number of hydrogen-bond acceptors (Lipinski definition) is 2. The molecule has 1 atom stereocenters. The summed E-state index contributed by atoms with van der Waals surface area (Å²) in [6, 6.07) is 5.41. The van der Waals surface area contributed by atoms with E-state index >= 15 is 0 Å². The van der Waals surface area contributed by atoms with Gasteiger partial charge in [0.05, 0.1) is 20.7 Å². The summed E-state index contributed by atoms with van der Waals surface area (Å²) in [5.74, 6) is -0.0158. The lowest BCUT2D eigenvalue weighted by Gasteiger charge is -2.23. The van der Waals surface area contributed by atoms with Crippen LogP contribution in [0.15, 0.2) is 22.7 Å². The molecule has 1 unspecified atom stereocenters. The van der Waals surface area contributed by atoms with Crippen molar-refractivity contribution in [2.24, 2.45) is 0 Å². The molecule has 1 saturated heterocycles. The van der Waals surface area contributed by atoms with Crippen LogP contribution in [0.4, 0.5) is 5.69 Å². The Hall–Kier alpha value is -0.580. The molecule has 2 N–H and O–H groups in total. The lowest BCUT2D eigenvalue weighted by molar-refractivity contribution is -0.121. The lowest BCUT2D eigenvalue weighted by Crippen LogP contribution is -2.48. The molecule has 0 aliphatic carbocycles. The van der Waals surface area contributed by atoms with E-state index in [0.29, 0.717) is 10.7 Å². The quantitative estimate of drug-likeness (QED) is 0.879. The largest absolute Gasteiger partial charge is 0.323 e. The fourth-order valence-electron chi connectivity index (χ4n) is 1.95. The van der Waals surface area contributed by atoms with Crippen LogP contribution >= 0.6 is 27.5 Å². The van der Waals surface area contributed by atoms with Crippen molar-refractivity contribution in [1.82, 2.24) is 5.32 Å².